The summed E-state index contributed by atoms with van der Waals surface area (Å²) in [5.41, 5.74) is 1.14. The molecule has 6 amide bonds. The molecule has 0 spiro atoms. The van der Waals surface area contributed by atoms with E-state index in [0.717, 1.165) is 12.0 Å². The molecule has 0 aromatic heterocycles. The van der Waals surface area contributed by atoms with Crippen molar-refractivity contribution in [1.29, 1.82) is 0 Å². The zero-order chi connectivity index (χ0) is 46.4. The second-order valence-corrected chi connectivity index (χ2v) is 22.9. The SMILES string of the molecule is CC[C@@H](C)[C@H]([C@H](CC(=O)N1CCC[C@@H]1[C@@H](OC)[C@H](C)C(=O)N[C@@H](C)[C@H](C)c1ccccc1)OC)N(C)C(=O)[C@H](NC(=O)[C@@H](C(C)C)N(C)C(=O)NCCC[Si](C)(C)O)C(C)C. The Balaban J connectivity index is 2.25. The van der Waals surface area contributed by atoms with Gasteiger partial charge in [0, 0.05) is 53.4 Å². The van der Waals surface area contributed by atoms with Crippen LogP contribution in [0.1, 0.15) is 106 Å². The quantitative estimate of drug-likeness (QED) is 0.0768. The van der Waals surface area contributed by atoms with Crippen LogP contribution >= 0.6 is 0 Å². The van der Waals surface area contributed by atoms with E-state index in [0.29, 0.717) is 38.4 Å². The molecular formula is C46H82N6O8Si. The zero-order valence-electron chi connectivity index (χ0n) is 40.1. The van der Waals surface area contributed by atoms with Crippen LogP contribution in [0, 0.1) is 23.7 Å². The minimum Gasteiger partial charge on any atom is -0.432 e. The van der Waals surface area contributed by atoms with Gasteiger partial charge in [0.25, 0.3) is 0 Å². The van der Waals surface area contributed by atoms with Crippen LogP contribution in [0.3, 0.4) is 0 Å². The molecular weight excluding hydrogens is 793 g/mol. The van der Waals surface area contributed by atoms with Crippen LogP contribution in [0.5, 0.6) is 0 Å². The summed E-state index contributed by atoms with van der Waals surface area (Å²) < 4.78 is 12.1. The van der Waals surface area contributed by atoms with E-state index in [2.05, 4.69) is 35.0 Å². The second-order valence-electron chi connectivity index (χ2n) is 18.8. The molecule has 61 heavy (non-hydrogen) atoms. The minimum atomic E-state index is -2.25. The lowest BCUT2D eigenvalue weighted by Gasteiger charge is -2.41. The molecule has 0 unspecified atom stereocenters. The number of hydrogen-bond acceptors (Lipinski definition) is 8. The third-order valence-corrected chi connectivity index (χ3v) is 14.4. The number of rotatable bonds is 24. The molecule has 0 radical (unpaired) electrons. The predicted molar refractivity (Wildman–Crippen MR) is 244 cm³/mol. The fourth-order valence-corrected chi connectivity index (χ4v) is 9.74. The highest BCUT2D eigenvalue weighted by Crippen LogP contribution is 2.30. The number of hydrogen-bond donors (Lipinski definition) is 4. The van der Waals surface area contributed by atoms with Crippen molar-refractivity contribution in [1.82, 2.24) is 30.7 Å². The monoisotopic (exact) mass is 875 g/mol. The van der Waals surface area contributed by atoms with Gasteiger partial charge in [0.2, 0.25) is 23.6 Å². The van der Waals surface area contributed by atoms with Crippen molar-refractivity contribution >= 4 is 38.0 Å². The summed E-state index contributed by atoms with van der Waals surface area (Å²) in [6.07, 6.45) is 1.61. The number of ether oxygens (including phenoxy) is 2. The summed E-state index contributed by atoms with van der Waals surface area (Å²) in [4.78, 5) is 84.6. The Morgan fingerprint density at radius 2 is 1.51 bits per heavy atom. The van der Waals surface area contributed by atoms with Crippen molar-refractivity contribution in [2.24, 2.45) is 23.7 Å². The van der Waals surface area contributed by atoms with Crippen molar-refractivity contribution in [3.05, 3.63) is 35.9 Å². The standard InChI is InChI=1S/C46H82N6O8Si/c1-16-31(6)41(50(10)45(56)39(29(2)3)49-44(55)40(30(4)5)51(11)46(57)47-25-21-27-61(14,15)58)37(59-12)28-38(53)52-26-20-24-36(52)42(60-13)33(8)43(54)48-34(9)32(7)35-22-18-17-19-23-35/h17-19,22-23,29-34,36-37,39-42,58H,16,20-21,24-28H2,1-15H3,(H,47,57)(H,48,54)(H,49,55)/t31-,32+,33+,34+,36-,37+,39-,40-,41-,42+/m1/s1. The van der Waals surface area contributed by atoms with Crippen molar-refractivity contribution in [2.75, 3.05) is 41.4 Å². The van der Waals surface area contributed by atoms with Crippen molar-refractivity contribution in [3.63, 3.8) is 0 Å². The summed E-state index contributed by atoms with van der Waals surface area (Å²) in [6, 6.07) is 7.60. The van der Waals surface area contributed by atoms with E-state index in [1.165, 1.54) is 4.90 Å². The summed E-state index contributed by atoms with van der Waals surface area (Å²) in [6.45, 7) is 22.0. The molecule has 348 valence electrons. The molecule has 0 aliphatic carbocycles. The molecule has 1 heterocycles. The maximum atomic E-state index is 14.5. The van der Waals surface area contributed by atoms with Gasteiger partial charge in [-0.25, -0.2) is 4.79 Å². The maximum Gasteiger partial charge on any atom is 0.317 e. The van der Waals surface area contributed by atoms with Crippen molar-refractivity contribution in [2.45, 2.75) is 162 Å². The molecule has 1 aromatic rings. The van der Waals surface area contributed by atoms with Gasteiger partial charge in [-0.15, -0.1) is 0 Å². The van der Waals surface area contributed by atoms with E-state index in [9.17, 15) is 28.8 Å². The largest absolute Gasteiger partial charge is 0.432 e. The molecule has 0 saturated carbocycles. The first kappa shape index (κ1) is 53.6. The number of carbonyl (C=O) groups excluding carboxylic acids is 5. The van der Waals surface area contributed by atoms with E-state index in [-0.39, 0.29) is 59.9 Å². The van der Waals surface area contributed by atoms with Crippen LogP contribution in [0.15, 0.2) is 30.3 Å². The molecule has 1 aliphatic rings. The van der Waals surface area contributed by atoms with Crippen LogP contribution < -0.4 is 16.0 Å². The molecule has 2 rings (SSSR count). The fraction of sp³-hybridized carbons (Fsp3) is 0.761. The normalized spacial score (nSPS) is 18.9. The highest BCUT2D eigenvalue weighted by Gasteiger charge is 2.43. The number of amides is 6. The minimum absolute atomic E-state index is 0.00822. The Morgan fingerprint density at radius 1 is 0.885 bits per heavy atom. The van der Waals surface area contributed by atoms with E-state index in [4.69, 9.17) is 9.47 Å². The summed E-state index contributed by atoms with van der Waals surface area (Å²) in [5.74, 6) is -2.07. The number of nitrogens with one attached hydrogen (secondary N) is 3. The lowest BCUT2D eigenvalue weighted by molar-refractivity contribution is -0.148. The molecule has 1 fully saturated rings. The molecule has 0 bridgehead atoms. The van der Waals surface area contributed by atoms with Crippen LogP contribution in [0.25, 0.3) is 0 Å². The summed E-state index contributed by atoms with van der Waals surface area (Å²) in [7, 11) is 4.17. The van der Waals surface area contributed by atoms with Crippen LogP contribution in [0.2, 0.25) is 19.1 Å². The van der Waals surface area contributed by atoms with Gasteiger partial charge in [0.05, 0.1) is 36.6 Å². The third kappa shape index (κ3) is 15.3. The Bertz CT molecular complexity index is 1540. The first-order valence-electron chi connectivity index (χ1n) is 22.5. The van der Waals surface area contributed by atoms with Crippen LogP contribution in [-0.2, 0) is 28.7 Å². The number of likely N-dealkylation sites (tertiary alicyclic amines) is 1. The Labute approximate surface area is 368 Å². The zero-order valence-corrected chi connectivity index (χ0v) is 41.1. The Hall–Kier alpha value is -3.53. The topological polar surface area (TPSA) is 170 Å². The van der Waals surface area contributed by atoms with Crippen LogP contribution in [0.4, 0.5) is 4.79 Å². The number of carbonyl (C=O) groups is 5. The first-order chi connectivity index (χ1) is 28.5. The molecule has 15 heteroatoms. The van der Waals surface area contributed by atoms with Crippen molar-refractivity contribution < 1.29 is 38.2 Å². The first-order valence-corrected chi connectivity index (χ1v) is 25.7. The second kappa shape index (κ2) is 24.9. The average Bonchev–Trinajstić information content (AvgIpc) is 3.70. The molecule has 1 aliphatic heterocycles. The van der Waals surface area contributed by atoms with Gasteiger partial charge in [-0.2, -0.15) is 0 Å². The molecule has 10 atom stereocenters. The van der Waals surface area contributed by atoms with Gasteiger partial charge in [-0.05, 0) is 68.6 Å². The van der Waals surface area contributed by atoms with Gasteiger partial charge in [-0.3, -0.25) is 19.2 Å². The Kier molecular flexibility index (Phi) is 21.9. The molecule has 1 aromatic carbocycles. The average molecular weight is 875 g/mol. The van der Waals surface area contributed by atoms with Gasteiger partial charge in [0.1, 0.15) is 12.1 Å². The maximum absolute atomic E-state index is 14.5. The molecule has 4 N–H and O–H groups in total. The number of methoxy groups -OCH3 is 2. The summed E-state index contributed by atoms with van der Waals surface area (Å²) in [5, 5.41) is 9.04. The number of urea groups is 1. The smallest absolute Gasteiger partial charge is 0.317 e. The Morgan fingerprint density at radius 3 is 2.03 bits per heavy atom. The van der Waals surface area contributed by atoms with E-state index < -0.39 is 56.5 Å². The van der Waals surface area contributed by atoms with E-state index in [1.807, 2.05) is 91.6 Å². The highest BCUT2D eigenvalue weighted by molar-refractivity contribution is 6.69. The lowest BCUT2D eigenvalue weighted by atomic mass is 9.89. The molecule has 1 saturated heterocycles. The van der Waals surface area contributed by atoms with Gasteiger partial charge in [-0.1, -0.05) is 92.1 Å². The number of nitrogens with zero attached hydrogens (tertiary/aromatic N) is 3. The third-order valence-electron chi connectivity index (χ3n) is 12.8. The van der Waals surface area contributed by atoms with Gasteiger partial charge in [0.15, 0.2) is 8.32 Å². The van der Waals surface area contributed by atoms with Gasteiger partial charge < -0.3 is 44.9 Å². The van der Waals surface area contributed by atoms with Crippen LogP contribution in [-0.4, -0.2) is 141 Å². The fourth-order valence-electron chi connectivity index (χ4n) is 8.70. The predicted octanol–water partition coefficient (Wildman–Crippen LogP) is 5.61. The highest BCUT2D eigenvalue weighted by atomic mass is 28.4. The van der Waals surface area contributed by atoms with Crippen molar-refractivity contribution in [3.8, 4) is 0 Å². The van der Waals surface area contributed by atoms with E-state index >= 15 is 0 Å². The molecule has 14 nitrogen and oxygen atoms in total. The lowest BCUT2D eigenvalue weighted by Crippen LogP contribution is -2.61. The van der Waals surface area contributed by atoms with E-state index in [1.54, 1.807) is 33.2 Å². The van der Waals surface area contributed by atoms with Gasteiger partial charge >= 0.3 is 6.03 Å². The number of likely N-dealkylation sites (N-methyl/N-ethyl adjacent to an activating group) is 2. The number of benzene rings is 1. The summed E-state index contributed by atoms with van der Waals surface area (Å²) >= 11 is 0.